The number of nitrogens with zero attached hydrogens (tertiary/aromatic N) is 3. The first kappa shape index (κ1) is 9.37. The lowest BCUT2D eigenvalue weighted by molar-refractivity contribution is 0.0934. The van der Waals surface area contributed by atoms with Crippen molar-refractivity contribution < 1.29 is 4.79 Å². The fourth-order valence-electron chi connectivity index (χ4n) is 1.52. The van der Waals surface area contributed by atoms with E-state index in [-0.39, 0.29) is 11.7 Å². The molecular weight excluding hydrogens is 178 g/mol. The van der Waals surface area contributed by atoms with Crippen molar-refractivity contribution >= 4 is 5.78 Å². The van der Waals surface area contributed by atoms with E-state index in [1.54, 1.807) is 6.20 Å². The summed E-state index contributed by atoms with van der Waals surface area (Å²) >= 11 is 0. The van der Waals surface area contributed by atoms with Gasteiger partial charge < -0.3 is 0 Å². The Bertz CT molecular complexity index is 339. The van der Waals surface area contributed by atoms with Gasteiger partial charge in [-0.05, 0) is 19.3 Å². The summed E-state index contributed by atoms with van der Waals surface area (Å²) < 4.78 is 1.83. The molecule has 1 fully saturated rings. The molecule has 0 unspecified atom stereocenters. The topological polar surface area (TPSA) is 47.8 Å². The minimum absolute atomic E-state index is 0.00143. The summed E-state index contributed by atoms with van der Waals surface area (Å²) in [6.45, 7) is 3.76. The van der Waals surface area contributed by atoms with Gasteiger partial charge >= 0.3 is 0 Å². The van der Waals surface area contributed by atoms with Crippen molar-refractivity contribution in [3.8, 4) is 0 Å². The second-order valence-electron chi connectivity index (χ2n) is 4.19. The summed E-state index contributed by atoms with van der Waals surface area (Å²) in [5.41, 5.74) is 0.506. The number of rotatable bonds is 3. The van der Waals surface area contributed by atoms with Gasteiger partial charge in [-0.3, -0.25) is 4.79 Å². The van der Waals surface area contributed by atoms with Crippen molar-refractivity contribution in [1.29, 1.82) is 0 Å². The standard InChI is InChI=1S/C10H15N3O/c1-7(2)10(14)9-6-13(12-11-9)8-4-3-5-8/h6-8H,3-5H2,1-2H3. The molecule has 1 aliphatic rings. The Labute approximate surface area is 83.3 Å². The second kappa shape index (κ2) is 3.52. The van der Waals surface area contributed by atoms with Crippen molar-refractivity contribution in [2.24, 2.45) is 5.92 Å². The summed E-state index contributed by atoms with van der Waals surface area (Å²) in [5, 5.41) is 7.89. The molecule has 1 aromatic heterocycles. The van der Waals surface area contributed by atoms with Crippen molar-refractivity contribution in [1.82, 2.24) is 15.0 Å². The van der Waals surface area contributed by atoms with E-state index in [0.29, 0.717) is 11.7 Å². The van der Waals surface area contributed by atoms with Crippen LogP contribution in [0.5, 0.6) is 0 Å². The number of hydrogen-bond acceptors (Lipinski definition) is 3. The first-order valence-electron chi connectivity index (χ1n) is 5.14. The zero-order valence-corrected chi connectivity index (χ0v) is 8.60. The van der Waals surface area contributed by atoms with Crippen molar-refractivity contribution in [3.63, 3.8) is 0 Å². The number of ketones is 1. The van der Waals surface area contributed by atoms with E-state index >= 15 is 0 Å². The fraction of sp³-hybridized carbons (Fsp3) is 0.700. The molecule has 14 heavy (non-hydrogen) atoms. The van der Waals surface area contributed by atoms with Gasteiger partial charge in [0.15, 0.2) is 5.78 Å². The summed E-state index contributed by atoms with van der Waals surface area (Å²) in [4.78, 5) is 11.6. The first-order chi connectivity index (χ1) is 6.68. The van der Waals surface area contributed by atoms with E-state index in [2.05, 4.69) is 10.3 Å². The average molecular weight is 193 g/mol. The van der Waals surface area contributed by atoms with Gasteiger partial charge in [0.2, 0.25) is 0 Å². The Kier molecular flexibility index (Phi) is 2.35. The molecule has 2 rings (SSSR count). The van der Waals surface area contributed by atoms with Gasteiger partial charge in [0, 0.05) is 5.92 Å². The van der Waals surface area contributed by atoms with Gasteiger partial charge in [-0.15, -0.1) is 5.10 Å². The van der Waals surface area contributed by atoms with Gasteiger partial charge in [-0.25, -0.2) is 4.68 Å². The molecule has 0 radical (unpaired) electrons. The average Bonchev–Trinajstić information content (AvgIpc) is 2.48. The van der Waals surface area contributed by atoms with Crippen LogP contribution in [0.4, 0.5) is 0 Å². The molecule has 0 amide bonds. The normalized spacial score (nSPS) is 17.1. The van der Waals surface area contributed by atoms with Crippen LogP contribution in [0.3, 0.4) is 0 Å². The van der Waals surface area contributed by atoms with E-state index in [9.17, 15) is 4.79 Å². The molecular formula is C10H15N3O. The highest BCUT2D eigenvalue weighted by Crippen LogP contribution is 2.30. The fourth-order valence-corrected chi connectivity index (χ4v) is 1.52. The molecule has 0 N–H and O–H groups in total. The lowest BCUT2D eigenvalue weighted by Gasteiger charge is -2.24. The van der Waals surface area contributed by atoms with Crippen LogP contribution in [0, 0.1) is 5.92 Å². The Morgan fingerprint density at radius 3 is 2.79 bits per heavy atom. The molecule has 0 aromatic carbocycles. The molecule has 1 heterocycles. The van der Waals surface area contributed by atoms with E-state index in [1.165, 1.54) is 19.3 Å². The smallest absolute Gasteiger partial charge is 0.187 e. The van der Waals surface area contributed by atoms with Crippen LogP contribution in [0.2, 0.25) is 0 Å². The Morgan fingerprint density at radius 2 is 2.29 bits per heavy atom. The monoisotopic (exact) mass is 193 g/mol. The summed E-state index contributed by atoms with van der Waals surface area (Å²) in [7, 11) is 0. The van der Waals surface area contributed by atoms with Gasteiger partial charge in [-0.2, -0.15) is 0 Å². The van der Waals surface area contributed by atoms with E-state index in [4.69, 9.17) is 0 Å². The molecule has 4 nitrogen and oxygen atoms in total. The van der Waals surface area contributed by atoms with Crippen LogP contribution >= 0.6 is 0 Å². The molecule has 1 aliphatic carbocycles. The SMILES string of the molecule is CC(C)C(=O)c1cn(C2CCC2)nn1. The van der Waals surface area contributed by atoms with Crippen LogP contribution in [0.25, 0.3) is 0 Å². The first-order valence-corrected chi connectivity index (χ1v) is 5.14. The minimum atomic E-state index is 0.00143. The molecule has 76 valence electrons. The van der Waals surface area contributed by atoms with Crippen molar-refractivity contribution in [2.75, 3.05) is 0 Å². The zero-order valence-electron chi connectivity index (χ0n) is 8.60. The lowest BCUT2D eigenvalue weighted by Crippen LogP contribution is -2.17. The Hall–Kier alpha value is -1.19. The number of Topliss-reactive ketones (excluding diaryl/α,β-unsaturated/α-hetero) is 1. The quantitative estimate of drug-likeness (QED) is 0.688. The third-order valence-electron chi connectivity index (χ3n) is 2.74. The summed E-state index contributed by atoms with van der Waals surface area (Å²) in [5.74, 6) is 0.0807. The van der Waals surface area contributed by atoms with E-state index in [0.717, 1.165) is 0 Å². The van der Waals surface area contributed by atoms with Crippen LogP contribution in [-0.4, -0.2) is 20.8 Å². The van der Waals surface area contributed by atoms with Gasteiger partial charge in [0.1, 0.15) is 5.69 Å². The summed E-state index contributed by atoms with van der Waals surface area (Å²) in [6, 6.07) is 0.483. The molecule has 4 heteroatoms. The van der Waals surface area contributed by atoms with Gasteiger partial charge in [0.25, 0.3) is 0 Å². The molecule has 0 atom stereocenters. The highest BCUT2D eigenvalue weighted by atomic mass is 16.1. The maximum Gasteiger partial charge on any atom is 0.187 e. The van der Waals surface area contributed by atoms with Crippen LogP contribution in [0.15, 0.2) is 6.20 Å². The van der Waals surface area contributed by atoms with E-state index in [1.807, 2.05) is 18.5 Å². The molecule has 0 spiro atoms. The molecule has 1 aromatic rings. The molecule has 0 aliphatic heterocycles. The van der Waals surface area contributed by atoms with Gasteiger partial charge in [-0.1, -0.05) is 19.1 Å². The number of aromatic nitrogens is 3. The van der Waals surface area contributed by atoms with Crippen LogP contribution in [0.1, 0.15) is 49.6 Å². The largest absolute Gasteiger partial charge is 0.292 e. The third-order valence-corrected chi connectivity index (χ3v) is 2.74. The van der Waals surface area contributed by atoms with Crippen LogP contribution in [-0.2, 0) is 0 Å². The highest BCUT2D eigenvalue weighted by molar-refractivity contribution is 5.95. The van der Waals surface area contributed by atoms with Crippen molar-refractivity contribution in [2.45, 2.75) is 39.2 Å². The van der Waals surface area contributed by atoms with Crippen LogP contribution < -0.4 is 0 Å². The predicted octanol–water partition coefficient (Wildman–Crippen LogP) is 1.84. The maximum absolute atomic E-state index is 11.6. The zero-order chi connectivity index (χ0) is 10.1. The minimum Gasteiger partial charge on any atom is -0.292 e. The lowest BCUT2D eigenvalue weighted by atomic mass is 9.93. The second-order valence-corrected chi connectivity index (χ2v) is 4.19. The summed E-state index contributed by atoms with van der Waals surface area (Å²) in [6.07, 6.45) is 5.38. The number of hydrogen-bond donors (Lipinski definition) is 0. The number of carbonyl (C=O) groups excluding carboxylic acids is 1. The van der Waals surface area contributed by atoms with Crippen molar-refractivity contribution in [3.05, 3.63) is 11.9 Å². The third kappa shape index (κ3) is 1.56. The number of carbonyl (C=O) groups is 1. The van der Waals surface area contributed by atoms with E-state index < -0.39 is 0 Å². The molecule has 0 bridgehead atoms. The highest BCUT2D eigenvalue weighted by Gasteiger charge is 2.22. The maximum atomic E-state index is 11.6. The predicted molar refractivity (Wildman–Crippen MR) is 52.1 cm³/mol. The molecule has 0 saturated heterocycles. The molecule has 1 saturated carbocycles. The van der Waals surface area contributed by atoms with Gasteiger partial charge in [0.05, 0.1) is 12.2 Å². The Balaban J connectivity index is 2.12. The Morgan fingerprint density at radius 1 is 1.57 bits per heavy atom.